The molecule has 2 N–H and O–H groups in total. The van der Waals surface area contributed by atoms with Gasteiger partial charge in [0.2, 0.25) is 10.0 Å². The number of nitrogens with two attached hydrogens (primary N) is 1. The van der Waals surface area contributed by atoms with Gasteiger partial charge in [0.05, 0.1) is 5.02 Å². The molecule has 118 valence electrons. The second-order valence-corrected chi connectivity index (χ2v) is 7.76. The highest BCUT2D eigenvalue weighted by atomic mass is 35.5. The summed E-state index contributed by atoms with van der Waals surface area (Å²) in [5, 5.41) is 0.261. The minimum Gasteiger partial charge on any atom is -0.326 e. The fraction of sp³-hybridized carbons (Fsp3) is 0.600. The van der Waals surface area contributed by atoms with Crippen molar-refractivity contribution >= 4 is 21.6 Å². The van der Waals surface area contributed by atoms with E-state index < -0.39 is 10.0 Å². The Hall–Kier alpha value is -0.620. The molecule has 1 aromatic rings. The Morgan fingerprint density at radius 1 is 1.33 bits per heavy atom. The number of rotatable bonds is 4. The smallest absolute Gasteiger partial charge is 0.244 e. The summed E-state index contributed by atoms with van der Waals surface area (Å²) in [7, 11) is -3.54. The van der Waals surface area contributed by atoms with Crippen LogP contribution in [0.5, 0.6) is 0 Å². The zero-order valence-electron chi connectivity index (χ0n) is 12.4. The molecule has 0 saturated carbocycles. The van der Waals surface area contributed by atoms with Crippen LogP contribution >= 0.6 is 11.6 Å². The lowest BCUT2D eigenvalue weighted by Gasteiger charge is -2.28. The number of sulfonamides is 1. The fourth-order valence-electron chi connectivity index (χ4n) is 2.88. The third kappa shape index (κ3) is 3.59. The van der Waals surface area contributed by atoms with Crippen molar-refractivity contribution in [2.24, 2.45) is 5.73 Å². The van der Waals surface area contributed by atoms with Gasteiger partial charge >= 0.3 is 0 Å². The molecular formula is C15H23ClN2O2S. The fourth-order valence-corrected chi connectivity index (χ4v) is 5.19. The van der Waals surface area contributed by atoms with E-state index in [0.717, 1.165) is 37.7 Å². The molecule has 0 spiro atoms. The van der Waals surface area contributed by atoms with Gasteiger partial charge in [0.15, 0.2) is 0 Å². The Morgan fingerprint density at radius 2 is 2.10 bits per heavy atom. The van der Waals surface area contributed by atoms with E-state index in [1.807, 2.05) is 6.92 Å². The number of hydrogen-bond donors (Lipinski definition) is 1. The summed E-state index contributed by atoms with van der Waals surface area (Å²) < 4.78 is 27.5. The number of benzene rings is 1. The normalized spacial score (nSPS) is 21.2. The predicted octanol–water partition coefficient (Wildman–Crippen LogP) is 3.14. The number of nitrogens with zero attached hydrogens (tertiary/aromatic N) is 1. The van der Waals surface area contributed by atoms with E-state index in [1.54, 1.807) is 22.5 Å². The molecule has 1 heterocycles. The molecule has 2 rings (SSSR count). The molecule has 1 unspecified atom stereocenters. The van der Waals surface area contributed by atoms with Gasteiger partial charge in [-0.25, -0.2) is 8.42 Å². The molecule has 4 nitrogen and oxygen atoms in total. The molecule has 1 fully saturated rings. The SMILES string of the molecule is CCC1CCCCCN1S(=O)(=O)c1ccc(CN)cc1Cl. The monoisotopic (exact) mass is 330 g/mol. The van der Waals surface area contributed by atoms with Gasteiger partial charge in [-0.1, -0.05) is 37.4 Å². The van der Waals surface area contributed by atoms with Crippen molar-refractivity contribution in [2.75, 3.05) is 6.54 Å². The Bertz CT molecular complexity index is 589. The molecule has 0 aliphatic carbocycles. The zero-order valence-corrected chi connectivity index (χ0v) is 14.0. The molecule has 0 bridgehead atoms. The maximum atomic E-state index is 12.9. The van der Waals surface area contributed by atoms with Crippen LogP contribution in [0.15, 0.2) is 23.1 Å². The Labute approximate surface area is 132 Å². The quantitative estimate of drug-likeness (QED) is 0.922. The molecule has 6 heteroatoms. The van der Waals surface area contributed by atoms with Crippen molar-refractivity contribution < 1.29 is 8.42 Å². The number of hydrogen-bond acceptors (Lipinski definition) is 3. The Morgan fingerprint density at radius 3 is 2.71 bits per heavy atom. The van der Waals surface area contributed by atoms with E-state index in [4.69, 9.17) is 17.3 Å². The first kappa shape index (κ1) is 16.7. The van der Waals surface area contributed by atoms with Crippen LogP contribution in [0.25, 0.3) is 0 Å². The van der Waals surface area contributed by atoms with Crippen molar-refractivity contribution in [2.45, 2.75) is 56.5 Å². The molecule has 1 atom stereocenters. The van der Waals surface area contributed by atoms with Crippen LogP contribution in [0.1, 0.15) is 44.6 Å². The second kappa shape index (κ2) is 7.09. The highest BCUT2D eigenvalue weighted by molar-refractivity contribution is 7.89. The van der Waals surface area contributed by atoms with E-state index >= 15 is 0 Å². The van der Waals surface area contributed by atoms with Crippen molar-refractivity contribution in [1.82, 2.24) is 4.31 Å². The van der Waals surface area contributed by atoms with Crippen molar-refractivity contribution in [3.63, 3.8) is 0 Å². The maximum Gasteiger partial charge on any atom is 0.244 e. The lowest BCUT2D eigenvalue weighted by Crippen LogP contribution is -2.39. The summed E-state index contributed by atoms with van der Waals surface area (Å²) in [4.78, 5) is 0.196. The molecule has 1 aliphatic rings. The van der Waals surface area contributed by atoms with Gasteiger partial charge in [-0.15, -0.1) is 0 Å². The minimum absolute atomic E-state index is 0.0720. The lowest BCUT2D eigenvalue weighted by molar-refractivity contribution is 0.315. The molecule has 21 heavy (non-hydrogen) atoms. The van der Waals surface area contributed by atoms with Crippen LogP contribution in [0.4, 0.5) is 0 Å². The molecule has 0 radical (unpaired) electrons. The minimum atomic E-state index is -3.54. The van der Waals surface area contributed by atoms with Gasteiger partial charge in [-0.3, -0.25) is 0 Å². The first-order valence-corrected chi connectivity index (χ1v) is 9.32. The van der Waals surface area contributed by atoms with Gasteiger partial charge in [0.1, 0.15) is 4.90 Å². The third-order valence-corrected chi connectivity index (χ3v) is 6.55. The summed E-state index contributed by atoms with van der Waals surface area (Å²) >= 11 is 6.18. The summed E-state index contributed by atoms with van der Waals surface area (Å²) in [6.07, 6.45) is 4.84. The van der Waals surface area contributed by atoms with E-state index in [2.05, 4.69) is 0 Å². The summed E-state index contributed by atoms with van der Waals surface area (Å²) in [5.41, 5.74) is 6.40. The van der Waals surface area contributed by atoms with E-state index in [-0.39, 0.29) is 16.0 Å². The maximum absolute atomic E-state index is 12.9. The van der Waals surface area contributed by atoms with Crippen LogP contribution in [-0.4, -0.2) is 25.3 Å². The standard InChI is InChI=1S/C15H23ClN2O2S/c1-2-13-6-4-3-5-9-18(13)21(19,20)15-8-7-12(11-17)10-14(15)16/h7-8,10,13H,2-6,9,11,17H2,1H3. The van der Waals surface area contributed by atoms with Crippen LogP contribution in [0, 0.1) is 0 Å². The average Bonchev–Trinajstić information content (AvgIpc) is 2.72. The highest BCUT2D eigenvalue weighted by Crippen LogP contribution is 2.30. The van der Waals surface area contributed by atoms with Crippen molar-refractivity contribution in [1.29, 1.82) is 0 Å². The van der Waals surface area contributed by atoms with Gasteiger partial charge in [0.25, 0.3) is 0 Å². The van der Waals surface area contributed by atoms with Crippen molar-refractivity contribution in [3.05, 3.63) is 28.8 Å². The van der Waals surface area contributed by atoms with E-state index in [9.17, 15) is 8.42 Å². The van der Waals surface area contributed by atoms with Gasteiger partial charge in [-0.05, 0) is 37.0 Å². The molecule has 0 amide bonds. The average molecular weight is 331 g/mol. The first-order valence-electron chi connectivity index (χ1n) is 7.51. The van der Waals surface area contributed by atoms with Crippen LogP contribution in [0.3, 0.4) is 0 Å². The largest absolute Gasteiger partial charge is 0.326 e. The summed E-state index contributed by atoms with van der Waals surface area (Å²) in [5.74, 6) is 0. The van der Waals surface area contributed by atoms with Crippen molar-refractivity contribution in [3.8, 4) is 0 Å². The summed E-state index contributed by atoms with van der Waals surface area (Å²) in [6.45, 7) is 2.97. The van der Waals surface area contributed by atoms with E-state index in [0.29, 0.717) is 13.1 Å². The number of halogens is 1. The zero-order chi connectivity index (χ0) is 15.5. The predicted molar refractivity (Wildman–Crippen MR) is 85.8 cm³/mol. The first-order chi connectivity index (χ1) is 10.0. The molecule has 1 aliphatic heterocycles. The molecule has 1 aromatic carbocycles. The molecule has 0 aromatic heterocycles. The second-order valence-electron chi connectivity index (χ2n) is 5.50. The van der Waals surface area contributed by atoms with Crippen LogP contribution < -0.4 is 5.73 Å². The third-order valence-electron chi connectivity index (χ3n) is 4.11. The Kier molecular flexibility index (Phi) is 5.66. The summed E-state index contributed by atoms with van der Waals surface area (Å²) in [6, 6.07) is 5.03. The van der Waals surface area contributed by atoms with Gasteiger partial charge in [-0.2, -0.15) is 4.31 Å². The molecule has 1 saturated heterocycles. The molecular weight excluding hydrogens is 308 g/mol. The van der Waals surface area contributed by atoms with E-state index in [1.165, 1.54) is 0 Å². The van der Waals surface area contributed by atoms with Gasteiger partial charge in [0, 0.05) is 19.1 Å². The van der Waals surface area contributed by atoms with Gasteiger partial charge < -0.3 is 5.73 Å². The highest BCUT2D eigenvalue weighted by Gasteiger charge is 2.32. The topological polar surface area (TPSA) is 63.4 Å². The van der Waals surface area contributed by atoms with Crippen LogP contribution in [-0.2, 0) is 16.6 Å². The van der Waals surface area contributed by atoms with Crippen LogP contribution in [0.2, 0.25) is 5.02 Å². The lowest BCUT2D eigenvalue weighted by atomic mass is 10.1. The Balaban J connectivity index is 2.39.